The summed E-state index contributed by atoms with van der Waals surface area (Å²) in [5, 5.41) is 5.41. The van der Waals surface area contributed by atoms with Crippen LogP contribution in [-0.2, 0) is 14.5 Å². The Balaban J connectivity index is 2.24. The Morgan fingerprint density at radius 2 is 2.27 bits per heavy atom. The van der Waals surface area contributed by atoms with Crippen LogP contribution in [-0.4, -0.2) is 59.7 Å². The van der Waals surface area contributed by atoms with Gasteiger partial charge in [0.25, 0.3) is 0 Å². The van der Waals surface area contributed by atoms with Crippen molar-refractivity contribution in [3.05, 3.63) is 20.8 Å². The molecule has 0 spiro atoms. The lowest BCUT2D eigenvalue weighted by Gasteiger charge is -2.31. The fourth-order valence-corrected chi connectivity index (χ4v) is 4.43. The molecule has 2 rings (SSSR count). The molecule has 0 aliphatic carbocycles. The van der Waals surface area contributed by atoms with Crippen molar-refractivity contribution in [2.75, 3.05) is 19.7 Å². The van der Waals surface area contributed by atoms with E-state index in [1.165, 1.54) is 0 Å². The van der Waals surface area contributed by atoms with E-state index in [1.54, 1.807) is 23.2 Å². The number of thiophene rings is 1. The number of hydrogen-bond donors (Lipinski definition) is 1. The van der Waals surface area contributed by atoms with Gasteiger partial charge in [-0.2, -0.15) is 9.88 Å². The molecule has 0 bridgehead atoms. The molecule has 0 saturated carbocycles. The smallest absolute Gasteiger partial charge is 0.415 e. The minimum atomic E-state index is -0.603. The zero-order chi connectivity index (χ0) is 22.3. The molecular formula is C19H27BrN4O4S2. The van der Waals surface area contributed by atoms with Crippen LogP contribution in [0.5, 0.6) is 0 Å². The molecule has 2 heterocycles. The van der Waals surface area contributed by atoms with Gasteiger partial charge in [0.2, 0.25) is 6.40 Å². The van der Waals surface area contributed by atoms with E-state index in [2.05, 4.69) is 31.2 Å². The van der Waals surface area contributed by atoms with Gasteiger partial charge in [-0.3, -0.25) is 9.89 Å². The highest BCUT2D eigenvalue weighted by Crippen LogP contribution is 2.31. The lowest BCUT2D eigenvalue weighted by atomic mass is 9.98. The van der Waals surface area contributed by atoms with E-state index < -0.39 is 11.7 Å². The topological polar surface area (TPSA) is 84.8 Å². The van der Waals surface area contributed by atoms with Crippen molar-refractivity contribution in [1.82, 2.24) is 10.2 Å². The van der Waals surface area contributed by atoms with Crippen molar-refractivity contribution < 1.29 is 19.3 Å². The molecule has 30 heavy (non-hydrogen) atoms. The third kappa shape index (κ3) is 7.29. The number of nitrogens with one attached hydrogen (secondary N) is 1. The lowest BCUT2D eigenvalue weighted by Crippen LogP contribution is -2.51. The Hall–Kier alpha value is -1.56. The highest BCUT2D eigenvalue weighted by molar-refractivity contribution is 9.10. The molecule has 166 valence electrons. The van der Waals surface area contributed by atoms with E-state index in [4.69, 9.17) is 26.7 Å². The first kappa shape index (κ1) is 24.7. The van der Waals surface area contributed by atoms with Crippen molar-refractivity contribution in [3.8, 4) is 0 Å². The summed E-state index contributed by atoms with van der Waals surface area (Å²) in [6.07, 6.45) is 0.698. The maximum atomic E-state index is 12.8. The van der Waals surface area contributed by atoms with Crippen LogP contribution in [0, 0.1) is 0 Å². The predicted molar refractivity (Wildman–Crippen MR) is 126 cm³/mol. The second kappa shape index (κ2) is 11.2. The normalized spacial score (nSPS) is 16.3. The second-order valence-corrected chi connectivity index (χ2v) is 9.74. The van der Waals surface area contributed by atoms with Gasteiger partial charge in [-0.25, -0.2) is 4.79 Å². The number of carbonyl (C=O) groups is 1. The van der Waals surface area contributed by atoms with Crippen molar-refractivity contribution in [1.29, 1.82) is 0 Å². The molecule has 1 aliphatic heterocycles. The number of aliphatic imine (C=N–C) groups is 2. The minimum Gasteiger partial charge on any atom is -0.443 e. The molecule has 0 aromatic carbocycles. The van der Waals surface area contributed by atoms with Gasteiger partial charge in [0.15, 0.2) is 5.11 Å². The zero-order valence-corrected chi connectivity index (χ0v) is 20.9. The molecule has 0 radical (unpaired) electrons. The summed E-state index contributed by atoms with van der Waals surface area (Å²) < 4.78 is 6.56. The molecule has 1 aromatic rings. The van der Waals surface area contributed by atoms with E-state index in [-0.39, 0.29) is 17.1 Å². The van der Waals surface area contributed by atoms with Gasteiger partial charge >= 0.3 is 6.09 Å². The third-order valence-corrected chi connectivity index (χ3v) is 6.10. The van der Waals surface area contributed by atoms with Crippen molar-refractivity contribution in [2.45, 2.75) is 52.2 Å². The van der Waals surface area contributed by atoms with Gasteiger partial charge in [-0.15, -0.1) is 11.3 Å². The van der Waals surface area contributed by atoms with Gasteiger partial charge in [0, 0.05) is 20.6 Å². The number of hydrogen-bond acceptors (Lipinski definition) is 7. The lowest BCUT2D eigenvalue weighted by molar-refractivity contribution is -0.211. The molecule has 1 aromatic heterocycles. The summed E-state index contributed by atoms with van der Waals surface area (Å²) in [7, 11) is 0. The molecule has 11 heteroatoms. The largest absolute Gasteiger partial charge is 0.443 e. The molecule has 8 nitrogen and oxygen atoms in total. The summed E-state index contributed by atoms with van der Waals surface area (Å²) in [6, 6.07) is 1.66. The number of carbonyl (C=O) groups excluding carboxylic acids is 1. The molecule has 0 fully saturated rings. The Morgan fingerprint density at radius 3 is 2.87 bits per heavy atom. The first-order chi connectivity index (χ1) is 14.1. The van der Waals surface area contributed by atoms with E-state index in [0.29, 0.717) is 25.5 Å². The van der Waals surface area contributed by atoms with Gasteiger partial charge in [-0.05, 0) is 61.9 Å². The van der Waals surface area contributed by atoms with E-state index >= 15 is 0 Å². The standard InChI is InChI=1S/C19H27BrN4O4S2/c1-6-26-27-11-22-17(29)23-15(12(2)14-9-13(20)10-30-14)16-21-7-8-24(16)18(25)28-19(3,4)5/h9-12,15H,6-8H2,1-5H3,(H,23,29)/b22-11+. The van der Waals surface area contributed by atoms with Crippen LogP contribution in [0.4, 0.5) is 4.79 Å². The Labute approximate surface area is 194 Å². The average Bonchev–Trinajstić information content (AvgIpc) is 3.30. The van der Waals surface area contributed by atoms with Crippen LogP contribution in [0.2, 0.25) is 0 Å². The van der Waals surface area contributed by atoms with Crippen LogP contribution in [0.25, 0.3) is 0 Å². The first-order valence-corrected chi connectivity index (χ1v) is 11.6. The number of thiocarbonyl (C=S) groups is 1. The molecular weight excluding hydrogens is 492 g/mol. The van der Waals surface area contributed by atoms with E-state index in [9.17, 15) is 4.79 Å². The van der Waals surface area contributed by atoms with E-state index in [1.807, 2.05) is 39.1 Å². The van der Waals surface area contributed by atoms with Crippen molar-refractivity contribution >= 4 is 62.9 Å². The van der Waals surface area contributed by atoms with Gasteiger partial charge in [0.1, 0.15) is 11.4 Å². The Bertz CT molecular complexity index is 807. The van der Waals surface area contributed by atoms with Crippen LogP contribution in [0.3, 0.4) is 0 Å². The Kier molecular flexibility index (Phi) is 9.20. The van der Waals surface area contributed by atoms with Crippen LogP contribution in [0.1, 0.15) is 45.4 Å². The number of ether oxygens (including phenoxy) is 1. The third-order valence-electron chi connectivity index (χ3n) is 3.98. The predicted octanol–water partition coefficient (Wildman–Crippen LogP) is 4.50. The number of nitrogens with zero attached hydrogens (tertiary/aromatic N) is 3. The molecule has 1 amide bonds. The summed E-state index contributed by atoms with van der Waals surface area (Å²) >= 11 is 10.5. The first-order valence-electron chi connectivity index (χ1n) is 9.52. The molecule has 1 aliphatic rings. The number of halogens is 1. The number of amidine groups is 1. The van der Waals surface area contributed by atoms with E-state index in [0.717, 1.165) is 15.8 Å². The number of rotatable bonds is 7. The maximum Gasteiger partial charge on any atom is 0.415 e. The van der Waals surface area contributed by atoms with Crippen LogP contribution < -0.4 is 5.32 Å². The van der Waals surface area contributed by atoms with Gasteiger partial charge in [-0.1, -0.05) is 6.92 Å². The highest BCUT2D eigenvalue weighted by atomic mass is 79.9. The molecule has 2 atom stereocenters. The summed E-state index contributed by atoms with van der Waals surface area (Å²) in [4.78, 5) is 33.6. The maximum absolute atomic E-state index is 12.8. The van der Waals surface area contributed by atoms with Gasteiger partial charge < -0.3 is 14.9 Å². The second-order valence-electron chi connectivity index (χ2n) is 7.49. The molecule has 1 N–H and O–H groups in total. The van der Waals surface area contributed by atoms with Crippen LogP contribution >= 0.6 is 39.5 Å². The molecule has 2 unspecified atom stereocenters. The zero-order valence-electron chi connectivity index (χ0n) is 17.7. The van der Waals surface area contributed by atoms with Crippen LogP contribution in [0.15, 0.2) is 25.9 Å². The monoisotopic (exact) mass is 518 g/mol. The minimum absolute atomic E-state index is 0.0379. The molecule has 0 saturated heterocycles. The summed E-state index contributed by atoms with van der Waals surface area (Å²) in [5.74, 6) is 0.536. The van der Waals surface area contributed by atoms with Crippen molar-refractivity contribution in [3.63, 3.8) is 0 Å². The SMILES string of the molecule is CCOO/C=N/C(=S)NC(C1=NCCN1C(=O)OC(C)(C)C)C(C)c1cc(Br)cs1. The highest BCUT2D eigenvalue weighted by Gasteiger charge is 2.36. The summed E-state index contributed by atoms with van der Waals surface area (Å²) in [6.45, 7) is 10.7. The number of amides is 1. The summed E-state index contributed by atoms with van der Waals surface area (Å²) in [5.41, 5.74) is -0.603. The Morgan fingerprint density at radius 1 is 1.53 bits per heavy atom. The average molecular weight is 519 g/mol. The quantitative estimate of drug-likeness (QED) is 0.143. The fourth-order valence-electron chi connectivity index (χ4n) is 2.72. The van der Waals surface area contributed by atoms with Crippen molar-refractivity contribution in [2.24, 2.45) is 9.98 Å². The van der Waals surface area contributed by atoms with Gasteiger partial charge in [0.05, 0.1) is 25.7 Å². The fraction of sp³-hybridized carbons (Fsp3) is 0.579.